The summed E-state index contributed by atoms with van der Waals surface area (Å²) in [6.07, 6.45) is -0.630. The van der Waals surface area contributed by atoms with Crippen molar-refractivity contribution < 1.29 is 27.8 Å². The van der Waals surface area contributed by atoms with Crippen LogP contribution in [0.25, 0.3) is 0 Å². The van der Waals surface area contributed by atoms with Gasteiger partial charge in [-0.05, 0) is 90.5 Å². The summed E-state index contributed by atoms with van der Waals surface area (Å²) in [5.74, 6) is 0.383. The molecule has 0 spiro atoms. The average Bonchev–Trinajstić information content (AvgIpc) is 3.59. The summed E-state index contributed by atoms with van der Waals surface area (Å²) >= 11 is 0. The number of aromatic nitrogens is 4. The summed E-state index contributed by atoms with van der Waals surface area (Å²) in [7, 11) is 0. The number of aliphatic hydroxyl groups excluding tert-OH is 1. The minimum Gasteiger partial charge on any atom is -0.406 e. The molecule has 1 heterocycles. The number of tetrazole rings is 1. The van der Waals surface area contributed by atoms with Crippen molar-refractivity contribution in [1.82, 2.24) is 25.5 Å². The minimum absolute atomic E-state index is 0.0116. The van der Waals surface area contributed by atoms with Gasteiger partial charge in [-0.1, -0.05) is 44.1 Å². The SMILES string of the molecule is CC(C)(C)C1CCC(N(C(=O)Nc2ccc(OC(F)(F)F)cc2)C2CCc3cc(C(O)Nc4nn[nH]n4)ccc32)CC1. The average molecular weight is 588 g/mol. The third kappa shape index (κ3) is 6.94. The largest absolute Gasteiger partial charge is 0.573 e. The molecule has 13 heteroatoms. The Balaban J connectivity index is 1.36. The molecular weight excluding hydrogens is 551 g/mol. The number of aromatic amines is 1. The smallest absolute Gasteiger partial charge is 0.406 e. The zero-order valence-corrected chi connectivity index (χ0v) is 23.8. The maximum atomic E-state index is 13.9. The second-order valence-electron chi connectivity index (χ2n) is 12.1. The molecule has 0 aliphatic heterocycles. The van der Waals surface area contributed by atoms with Crippen molar-refractivity contribution >= 4 is 17.7 Å². The molecule has 5 rings (SSSR count). The highest BCUT2D eigenvalue weighted by molar-refractivity contribution is 5.90. The molecule has 2 atom stereocenters. The first kappa shape index (κ1) is 29.6. The zero-order valence-electron chi connectivity index (χ0n) is 23.8. The molecule has 1 fully saturated rings. The van der Waals surface area contributed by atoms with Crippen molar-refractivity contribution in [1.29, 1.82) is 0 Å². The molecule has 1 saturated carbocycles. The molecule has 0 saturated heterocycles. The standard InChI is InChI=1S/C29H36F3N7O3/c1-28(2,3)19-6-10-21(11-7-19)39(27(41)33-20-8-12-22(13-9-20)42-29(30,31)32)24-15-5-17-16-18(4-14-23(17)24)25(40)34-26-35-37-38-36-26/h4,8-9,12-14,16,19,21,24-25,40H,5-7,10-11,15H2,1-3H3,(H,33,41)(H2,34,35,36,37,38). The molecule has 2 amide bonds. The van der Waals surface area contributed by atoms with Crippen LogP contribution in [0.3, 0.4) is 0 Å². The third-order valence-corrected chi connectivity index (χ3v) is 8.36. The number of H-pyrrole nitrogens is 1. The van der Waals surface area contributed by atoms with E-state index in [0.717, 1.165) is 49.7 Å². The maximum Gasteiger partial charge on any atom is 0.573 e. The van der Waals surface area contributed by atoms with Gasteiger partial charge in [-0.25, -0.2) is 4.79 Å². The molecule has 3 aromatic rings. The van der Waals surface area contributed by atoms with Crippen molar-refractivity contribution in [2.45, 2.75) is 84.0 Å². The van der Waals surface area contributed by atoms with Gasteiger partial charge in [0.25, 0.3) is 5.95 Å². The van der Waals surface area contributed by atoms with Crippen LogP contribution < -0.4 is 15.4 Å². The number of carbonyl (C=O) groups excluding carboxylic acids is 1. The lowest BCUT2D eigenvalue weighted by Gasteiger charge is -2.43. The molecule has 10 nitrogen and oxygen atoms in total. The summed E-state index contributed by atoms with van der Waals surface area (Å²) in [6.45, 7) is 6.75. The highest BCUT2D eigenvalue weighted by Crippen LogP contribution is 2.44. The quantitative estimate of drug-likeness (QED) is 0.238. The second-order valence-corrected chi connectivity index (χ2v) is 12.1. The van der Waals surface area contributed by atoms with Crippen LogP contribution in [-0.2, 0) is 6.42 Å². The van der Waals surface area contributed by atoms with Crippen LogP contribution >= 0.6 is 0 Å². The Morgan fingerprint density at radius 2 is 1.79 bits per heavy atom. The minimum atomic E-state index is -4.79. The summed E-state index contributed by atoms with van der Waals surface area (Å²) in [5.41, 5.74) is 3.27. The van der Waals surface area contributed by atoms with Gasteiger partial charge in [0, 0.05) is 17.3 Å². The summed E-state index contributed by atoms with van der Waals surface area (Å²) in [4.78, 5) is 15.8. The van der Waals surface area contributed by atoms with Gasteiger partial charge < -0.3 is 25.4 Å². The van der Waals surface area contributed by atoms with Gasteiger partial charge in [-0.2, -0.15) is 5.21 Å². The van der Waals surface area contributed by atoms with E-state index in [9.17, 15) is 23.1 Å². The summed E-state index contributed by atoms with van der Waals surface area (Å²) in [6, 6.07) is 10.4. The predicted molar refractivity (Wildman–Crippen MR) is 149 cm³/mol. The van der Waals surface area contributed by atoms with Crippen LogP contribution in [0.2, 0.25) is 0 Å². The Labute approximate surface area is 242 Å². The molecule has 2 aliphatic carbocycles. The van der Waals surface area contributed by atoms with E-state index >= 15 is 0 Å². The van der Waals surface area contributed by atoms with Crippen LogP contribution in [-0.4, -0.2) is 49.1 Å². The van der Waals surface area contributed by atoms with Crippen LogP contribution in [0.1, 0.15) is 81.8 Å². The van der Waals surface area contributed by atoms with Gasteiger partial charge in [0.1, 0.15) is 5.75 Å². The van der Waals surface area contributed by atoms with E-state index in [1.165, 1.54) is 24.3 Å². The number of aliphatic hydroxyl groups is 1. The highest BCUT2D eigenvalue weighted by Gasteiger charge is 2.39. The number of carbonyl (C=O) groups is 1. The van der Waals surface area contributed by atoms with Crippen molar-refractivity contribution in [3.8, 4) is 5.75 Å². The number of nitrogens with one attached hydrogen (secondary N) is 3. The lowest BCUT2D eigenvalue weighted by atomic mass is 9.71. The van der Waals surface area contributed by atoms with Gasteiger partial charge in [0.2, 0.25) is 0 Å². The zero-order chi connectivity index (χ0) is 30.1. The Morgan fingerprint density at radius 1 is 1.07 bits per heavy atom. The maximum absolute atomic E-state index is 13.9. The first-order valence-corrected chi connectivity index (χ1v) is 14.1. The third-order valence-electron chi connectivity index (χ3n) is 8.36. The number of hydrogen-bond acceptors (Lipinski definition) is 7. The molecule has 226 valence electrons. The molecule has 0 bridgehead atoms. The number of aryl methyl sites for hydroxylation is 1. The van der Waals surface area contributed by atoms with E-state index in [0.29, 0.717) is 17.2 Å². The van der Waals surface area contributed by atoms with Crippen LogP contribution in [0.4, 0.5) is 29.6 Å². The number of rotatable bonds is 7. The highest BCUT2D eigenvalue weighted by atomic mass is 19.4. The van der Waals surface area contributed by atoms with Crippen LogP contribution in [0, 0.1) is 11.3 Å². The first-order valence-electron chi connectivity index (χ1n) is 14.1. The number of fused-ring (bicyclic) bond motifs is 1. The van der Waals surface area contributed by atoms with Gasteiger partial charge >= 0.3 is 12.4 Å². The molecular formula is C29H36F3N7O3. The Hall–Kier alpha value is -3.87. The van der Waals surface area contributed by atoms with E-state index in [2.05, 4.69) is 56.8 Å². The molecule has 0 radical (unpaired) electrons. The summed E-state index contributed by atoms with van der Waals surface area (Å²) < 4.78 is 41.7. The first-order chi connectivity index (χ1) is 19.9. The topological polar surface area (TPSA) is 128 Å². The number of ether oxygens (including phenoxy) is 1. The monoisotopic (exact) mass is 587 g/mol. The normalized spacial score (nSPS) is 21.4. The number of nitrogens with zero attached hydrogens (tertiary/aromatic N) is 4. The van der Waals surface area contributed by atoms with E-state index < -0.39 is 12.6 Å². The molecule has 4 N–H and O–H groups in total. The Kier molecular flexibility index (Phi) is 8.31. The van der Waals surface area contributed by atoms with Crippen LogP contribution in [0.5, 0.6) is 5.75 Å². The van der Waals surface area contributed by atoms with Gasteiger partial charge in [-0.15, -0.1) is 18.3 Å². The summed E-state index contributed by atoms with van der Waals surface area (Å²) in [5, 5.41) is 29.8. The molecule has 42 heavy (non-hydrogen) atoms. The number of alkyl halides is 3. The Bertz CT molecular complexity index is 1350. The van der Waals surface area contributed by atoms with E-state index in [1.807, 2.05) is 23.1 Å². The van der Waals surface area contributed by atoms with Gasteiger partial charge in [0.15, 0.2) is 6.23 Å². The lowest BCUT2D eigenvalue weighted by Crippen LogP contribution is -2.47. The number of urea groups is 1. The van der Waals surface area contributed by atoms with Crippen molar-refractivity contribution in [3.63, 3.8) is 0 Å². The molecule has 2 unspecified atom stereocenters. The van der Waals surface area contributed by atoms with Gasteiger partial charge in [-0.3, -0.25) is 0 Å². The number of halogens is 3. The fourth-order valence-electron chi connectivity index (χ4n) is 6.21. The van der Waals surface area contributed by atoms with Crippen molar-refractivity contribution in [2.75, 3.05) is 10.6 Å². The lowest BCUT2D eigenvalue weighted by molar-refractivity contribution is -0.274. The van der Waals surface area contributed by atoms with Crippen molar-refractivity contribution in [3.05, 3.63) is 59.2 Å². The van der Waals surface area contributed by atoms with E-state index in [1.54, 1.807) is 0 Å². The van der Waals surface area contributed by atoms with Gasteiger partial charge in [0.05, 0.1) is 6.04 Å². The van der Waals surface area contributed by atoms with Crippen LogP contribution in [0.15, 0.2) is 42.5 Å². The molecule has 2 aliphatic rings. The number of benzene rings is 2. The number of hydrogen-bond donors (Lipinski definition) is 4. The van der Waals surface area contributed by atoms with E-state index in [4.69, 9.17) is 0 Å². The van der Waals surface area contributed by atoms with E-state index in [-0.39, 0.29) is 35.2 Å². The Morgan fingerprint density at radius 3 is 2.40 bits per heavy atom. The predicted octanol–water partition coefficient (Wildman–Crippen LogP) is 6.33. The number of anilines is 2. The fourth-order valence-corrected chi connectivity index (χ4v) is 6.21. The molecule has 2 aromatic carbocycles. The fraction of sp³-hybridized carbons (Fsp3) is 0.517. The second kappa shape index (κ2) is 11.8. The number of amides is 2. The van der Waals surface area contributed by atoms with Crippen molar-refractivity contribution in [2.24, 2.45) is 11.3 Å². The molecule has 1 aromatic heterocycles.